The van der Waals surface area contributed by atoms with Crippen molar-refractivity contribution in [1.82, 2.24) is 9.88 Å². The van der Waals surface area contributed by atoms with Crippen LogP contribution in [0.25, 0.3) is 21.9 Å². The standard InChI is InChI=1S/C37H45N5O5/c1-36(2,3)25-20-31(33(45-7)32(21-25)41-35(44)47-37(4,5)6)40-34(43)39-30-15-14-27(28-10-8-9-11-29(28)30)24-12-13-26(38-22-24)23-42-16-18-46-19-17-42/h8-15,20-22H,16-19,23H2,1-7H3,(H,41,44)(H2,39,40,43). The van der Waals surface area contributed by atoms with Gasteiger partial charge in [-0.2, -0.15) is 0 Å². The molecule has 3 amide bonds. The van der Waals surface area contributed by atoms with Crippen LogP contribution in [0.4, 0.5) is 26.7 Å². The summed E-state index contributed by atoms with van der Waals surface area (Å²) in [5.41, 5.74) is 4.41. The summed E-state index contributed by atoms with van der Waals surface area (Å²) in [6, 6.07) is 19.3. The summed E-state index contributed by atoms with van der Waals surface area (Å²) >= 11 is 0. The summed E-state index contributed by atoms with van der Waals surface area (Å²) in [5.74, 6) is 0.309. The number of nitrogens with one attached hydrogen (secondary N) is 3. The highest BCUT2D eigenvalue weighted by atomic mass is 16.6. The van der Waals surface area contributed by atoms with Crippen LogP contribution < -0.4 is 20.7 Å². The van der Waals surface area contributed by atoms with Crippen molar-refractivity contribution in [3.63, 3.8) is 0 Å². The molecular formula is C37H45N5O5. The fourth-order valence-corrected chi connectivity index (χ4v) is 5.48. The molecular weight excluding hydrogens is 594 g/mol. The van der Waals surface area contributed by atoms with Gasteiger partial charge in [-0.15, -0.1) is 0 Å². The van der Waals surface area contributed by atoms with E-state index in [0.29, 0.717) is 22.8 Å². The van der Waals surface area contributed by atoms with Gasteiger partial charge < -0.3 is 24.8 Å². The molecule has 4 aromatic rings. The first kappa shape index (κ1) is 33.7. The molecule has 0 saturated carbocycles. The number of rotatable bonds is 7. The molecule has 0 aliphatic carbocycles. The number of carbonyl (C=O) groups excluding carboxylic acids is 2. The Bertz CT molecular complexity index is 1740. The summed E-state index contributed by atoms with van der Waals surface area (Å²) in [6.07, 6.45) is 1.29. The van der Waals surface area contributed by atoms with E-state index in [0.717, 1.165) is 66.0 Å². The van der Waals surface area contributed by atoms with Crippen LogP contribution in [0.15, 0.2) is 66.9 Å². The smallest absolute Gasteiger partial charge is 0.412 e. The van der Waals surface area contributed by atoms with E-state index in [4.69, 9.17) is 19.2 Å². The number of hydrogen-bond acceptors (Lipinski definition) is 7. The minimum atomic E-state index is -0.679. The number of pyridine rings is 1. The van der Waals surface area contributed by atoms with Crippen LogP contribution in [0.5, 0.6) is 5.75 Å². The van der Waals surface area contributed by atoms with E-state index in [1.54, 1.807) is 20.8 Å². The van der Waals surface area contributed by atoms with E-state index in [-0.39, 0.29) is 5.41 Å². The number of urea groups is 1. The number of ether oxygens (including phenoxy) is 3. The molecule has 10 heteroatoms. The normalized spacial score (nSPS) is 14.0. The van der Waals surface area contributed by atoms with Gasteiger partial charge >= 0.3 is 12.1 Å². The Morgan fingerprint density at radius 2 is 1.51 bits per heavy atom. The van der Waals surface area contributed by atoms with E-state index in [1.807, 2.05) is 54.7 Å². The lowest BCUT2D eigenvalue weighted by Crippen LogP contribution is -2.35. The fourth-order valence-electron chi connectivity index (χ4n) is 5.48. The number of methoxy groups -OCH3 is 1. The second kappa shape index (κ2) is 14.0. The molecule has 248 valence electrons. The molecule has 1 aromatic heterocycles. The van der Waals surface area contributed by atoms with Gasteiger partial charge in [-0.1, -0.05) is 57.2 Å². The molecule has 0 atom stereocenters. The number of fused-ring (bicyclic) bond motifs is 1. The Labute approximate surface area is 276 Å². The van der Waals surface area contributed by atoms with Crippen molar-refractivity contribution in [2.75, 3.05) is 49.4 Å². The van der Waals surface area contributed by atoms with Crippen LogP contribution in [0.3, 0.4) is 0 Å². The number of amides is 3. The largest absolute Gasteiger partial charge is 0.492 e. The predicted molar refractivity (Wildman–Crippen MR) is 187 cm³/mol. The maximum Gasteiger partial charge on any atom is 0.412 e. The molecule has 5 rings (SSSR count). The molecule has 47 heavy (non-hydrogen) atoms. The molecule has 1 saturated heterocycles. The van der Waals surface area contributed by atoms with Gasteiger partial charge in [0.2, 0.25) is 0 Å². The van der Waals surface area contributed by atoms with Gasteiger partial charge in [-0.05, 0) is 67.0 Å². The number of carbonyl (C=O) groups is 2. The van der Waals surface area contributed by atoms with Gasteiger partial charge in [0, 0.05) is 36.8 Å². The Hall–Kier alpha value is -4.67. The first-order valence-electron chi connectivity index (χ1n) is 15.9. The minimum absolute atomic E-state index is 0.287. The van der Waals surface area contributed by atoms with E-state index in [1.165, 1.54) is 7.11 Å². The van der Waals surface area contributed by atoms with Crippen molar-refractivity contribution in [3.8, 4) is 16.9 Å². The van der Waals surface area contributed by atoms with Gasteiger partial charge in [0.1, 0.15) is 5.60 Å². The average molecular weight is 640 g/mol. The van der Waals surface area contributed by atoms with Crippen molar-refractivity contribution in [1.29, 1.82) is 0 Å². The van der Waals surface area contributed by atoms with E-state index >= 15 is 0 Å². The van der Waals surface area contributed by atoms with Gasteiger partial charge in [0.15, 0.2) is 5.75 Å². The summed E-state index contributed by atoms with van der Waals surface area (Å²) in [4.78, 5) is 33.3. The van der Waals surface area contributed by atoms with Crippen LogP contribution in [0.2, 0.25) is 0 Å². The lowest BCUT2D eigenvalue weighted by molar-refractivity contribution is 0.0336. The van der Waals surface area contributed by atoms with Gasteiger partial charge in [-0.25, -0.2) is 9.59 Å². The number of aromatic nitrogens is 1. The Balaban J connectivity index is 1.39. The van der Waals surface area contributed by atoms with Gasteiger partial charge in [0.05, 0.1) is 43.1 Å². The second-order valence-corrected chi connectivity index (χ2v) is 13.7. The van der Waals surface area contributed by atoms with E-state index in [2.05, 4.69) is 53.8 Å². The number of hydrogen-bond donors (Lipinski definition) is 3. The zero-order chi connectivity index (χ0) is 33.8. The predicted octanol–water partition coefficient (Wildman–Crippen LogP) is 8.03. The minimum Gasteiger partial charge on any atom is -0.492 e. The highest BCUT2D eigenvalue weighted by molar-refractivity contribution is 6.10. The highest BCUT2D eigenvalue weighted by Gasteiger charge is 2.24. The average Bonchev–Trinajstić information content (AvgIpc) is 3.01. The van der Waals surface area contributed by atoms with Crippen molar-refractivity contribution >= 4 is 40.0 Å². The number of benzene rings is 3. The molecule has 3 N–H and O–H groups in total. The molecule has 2 heterocycles. The van der Waals surface area contributed by atoms with Crippen LogP contribution in [-0.2, 0) is 21.4 Å². The van der Waals surface area contributed by atoms with Crippen LogP contribution in [-0.4, -0.2) is 61.0 Å². The first-order chi connectivity index (χ1) is 22.3. The van der Waals surface area contributed by atoms with Crippen molar-refractivity contribution in [2.45, 2.75) is 59.1 Å². The topological polar surface area (TPSA) is 114 Å². The Morgan fingerprint density at radius 3 is 2.13 bits per heavy atom. The Morgan fingerprint density at radius 1 is 0.851 bits per heavy atom. The van der Waals surface area contributed by atoms with Crippen molar-refractivity contribution in [2.24, 2.45) is 0 Å². The number of nitrogens with zero attached hydrogens (tertiary/aromatic N) is 2. The van der Waals surface area contributed by atoms with Crippen LogP contribution in [0.1, 0.15) is 52.8 Å². The third-order valence-corrected chi connectivity index (χ3v) is 7.84. The summed E-state index contributed by atoms with van der Waals surface area (Å²) in [7, 11) is 1.49. The lowest BCUT2D eigenvalue weighted by Gasteiger charge is -2.26. The van der Waals surface area contributed by atoms with Crippen LogP contribution in [0, 0.1) is 0 Å². The summed E-state index contributed by atoms with van der Waals surface area (Å²) in [5, 5.41) is 10.6. The quantitative estimate of drug-likeness (QED) is 0.188. The molecule has 0 bridgehead atoms. The Kier molecular flexibility index (Phi) is 10.0. The van der Waals surface area contributed by atoms with Crippen LogP contribution >= 0.6 is 0 Å². The molecule has 10 nitrogen and oxygen atoms in total. The zero-order valence-corrected chi connectivity index (χ0v) is 28.3. The molecule has 0 unspecified atom stereocenters. The molecule has 1 aliphatic rings. The van der Waals surface area contributed by atoms with Gasteiger partial charge in [0.25, 0.3) is 0 Å². The third-order valence-electron chi connectivity index (χ3n) is 7.84. The maximum absolute atomic E-state index is 13.5. The van der Waals surface area contributed by atoms with Crippen molar-refractivity contribution < 1.29 is 23.8 Å². The highest BCUT2D eigenvalue weighted by Crippen LogP contribution is 2.39. The maximum atomic E-state index is 13.5. The molecule has 1 aliphatic heterocycles. The second-order valence-electron chi connectivity index (χ2n) is 13.7. The fraction of sp³-hybridized carbons (Fsp3) is 0.378. The number of anilines is 3. The van der Waals surface area contributed by atoms with E-state index in [9.17, 15) is 9.59 Å². The zero-order valence-electron chi connectivity index (χ0n) is 28.3. The molecule has 3 aromatic carbocycles. The number of morpholine rings is 1. The van der Waals surface area contributed by atoms with E-state index < -0.39 is 17.7 Å². The third kappa shape index (κ3) is 8.58. The summed E-state index contributed by atoms with van der Waals surface area (Å²) < 4.78 is 16.6. The SMILES string of the molecule is COc1c(NC(=O)Nc2ccc(-c3ccc(CN4CCOCC4)nc3)c3ccccc23)cc(C(C)(C)C)cc1NC(=O)OC(C)(C)C. The molecule has 0 spiro atoms. The first-order valence-corrected chi connectivity index (χ1v) is 15.9. The summed E-state index contributed by atoms with van der Waals surface area (Å²) in [6.45, 7) is 15.7. The molecule has 1 fully saturated rings. The molecule has 0 radical (unpaired) electrons. The van der Waals surface area contributed by atoms with Crippen molar-refractivity contribution in [3.05, 3.63) is 78.1 Å². The monoisotopic (exact) mass is 639 g/mol. The lowest BCUT2D eigenvalue weighted by atomic mass is 9.86. The van der Waals surface area contributed by atoms with Gasteiger partial charge in [-0.3, -0.25) is 15.2 Å².